The molecule has 0 amide bonds. The smallest absolute Gasteiger partial charge is 0.190 e. The standard InChI is InChI=1S/C16H25N5S/c1-14(11-15-5-3-10-22-15)12-20-16(17-2)19-6-4-8-21-9-7-18-13-21/h3,5,7,9-10,13-14H,4,6,8,11-12H2,1-2H3,(H2,17,19,20). The minimum atomic E-state index is 0.586. The van der Waals surface area contributed by atoms with Crippen LogP contribution >= 0.6 is 11.3 Å². The Balaban J connectivity index is 1.60. The number of aryl methyl sites for hydroxylation is 1. The van der Waals surface area contributed by atoms with Gasteiger partial charge in [-0.25, -0.2) is 4.98 Å². The molecule has 0 saturated carbocycles. The van der Waals surface area contributed by atoms with E-state index in [1.54, 1.807) is 0 Å². The highest BCUT2D eigenvalue weighted by atomic mass is 32.1. The molecule has 0 spiro atoms. The summed E-state index contributed by atoms with van der Waals surface area (Å²) in [5.41, 5.74) is 0. The van der Waals surface area contributed by atoms with Crippen molar-refractivity contribution in [3.05, 3.63) is 41.1 Å². The van der Waals surface area contributed by atoms with Gasteiger partial charge >= 0.3 is 0 Å². The highest BCUT2D eigenvalue weighted by molar-refractivity contribution is 7.09. The Morgan fingerprint density at radius 3 is 3.05 bits per heavy atom. The lowest BCUT2D eigenvalue weighted by Crippen LogP contribution is -2.40. The predicted octanol–water partition coefficient (Wildman–Crippen LogP) is 2.38. The number of nitrogens with one attached hydrogen (secondary N) is 2. The van der Waals surface area contributed by atoms with Gasteiger partial charge in [-0.1, -0.05) is 13.0 Å². The van der Waals surface area contributed by atoms with E-state index in [0.29, 0.717) is 5.92 Å². The number of imidazole rings is 1. The van der Waals surface area contributed by atoms with Gasteiger partial charge in [0.25, 0.3) is 0 Å². The maximum absolute atomic E-state index is 4.27. The fourth-order valence-electron chi connectivity index (χ4n) is 2.22. The number of nitrogens with zero attached hydrogens (tertiary/aromatic N) is 3. The Hall–Kier alpha value is -1.82. The molecule has 0 radical (unpaired) electrons. The average Bonchev–Trinajstić information content (AvgIpc) is 3.20. The molecule has 2 N–H and O–H groups in total. The SMILES string of the molecule is CN=C(NCCCn1ccnc1)NCC(C)Cc1cccs1. The Labute approximate surface area is 136 Å². The third-order valence-corrected chi connectivity index (χ3v) is 4.31. The van der Waals surface area contributed by atoms with Gasteiger partial charge in [0.15, 0.2) is 5.96 Å². The molecule has 120 valence electrons. The molecular weight excluding hydrogens is 294 g/mol. The minimum absolute atomic E-state index is 0.586. The summed E-state index contributed by atoms with van der Waals surface area (Å²) in [6.45, 7) is 5.06. The first-order chi connectivity index (χ1) is 10.8. The zero-order valence-corrected chi connectivity index (χ0v) is 14.1. The van der Waals surface area contributed by atoms with Crippen LogP contribution in [-0.4, -0.2) is 35.6 Å². The Bertz CT molecular complexity index is 533. The van der Waals surface area contributed by atoms with E-state index in [1.807, 2.05) is 37.1 Å². The zero-order valence-electron chi connectivity index (χ0n) is 13.3. The number of aromatic nitrogens is 2. The van der Waals surface area contributed by atoms with Gasteiger partial charge < -0.3 is 15.2 Å². The number of rotatable bonds is 8. The third kappa shape index (κ3) is 5.89. The predicted molar refractivity (Wildman–Crippen MR) is 93.4 cm³/mol. The summed E-state index contributed by atoms with van der Waals surface area (Å²) in [5, 5.41) is 8.89. The Kier molecular flexibility index (Phi) is 6.96. The van der Waals surface area contributed by atoms with E-state index in [1.165, 1.54) is 4.88 Å². The molecule has 0 aliphatic carbocycles. The molecule has 0 aromatic carbocycles. The lowest BCUT2D eigenvalue weighted by atomic mass is 10.1. The molecule has 0 bridgehead atoms. The van der Waals surface area contributed by atoms with Crippen LogP contribution in [0.5, 0.6) is 0 Å². The molecule has 6 heteroatoms. The van der Waals surface area contributed by atoms with Crippen molar-refractivity contribution in [1.82, 2.24) is 20.2 Å². The maximum Gasteiger partial charge on any atom is 0.190 e. The summed E-state index contributed by atoms with van der Waals surface area (Å²) in [6, 6.07) is 4.31. The number of aliphatic imine (C=N–C) groups is 1. The fraction of sp³-hybridized carbons (Fsp3) is 0.500. The quantitative estimate of drug-likeness (QED) is 0.446. The van der Waals surface area contributed by atoms with Crippen molar-refractivity contribution in [3.63, 3.8) is 0 Å². The first-order valence-corrected chi connectivity index (χ1v) is 8.58. The van der Waals surface area contributed by atoms with Crippen molar-refractivity contribution in [2.24, 2.45) is 10.9 Å². The normalized spacial score (nSPS) is 13.1. The van der Waals surface area contributed by atoms with Gasteiger partial charge in [-0.3, -0.25) is 4.99 Å². The first kappa shape index (κ1) is 16.5. The molecule has 2 rings (SSSR count). The van der Waals surface area contributed by atoms with Crippen molar-refractivity contribution in [2.45, 2.75) is 26.3 Å². The van der Waals surface area contributed by atoms with Gasteiger partial charge in [0, 0.05) is 44.0 Å². The Morgan fingerprint density at radius 1 is 1.45 bits per heavy atom. The van der Waals surface area contributed by atoms with Gasteiger partial charge in [-0.15, -0.1) is 11.3 Å². The van der Waals surface area contributed by atoms with Crippen LogP contribution < -0.4 is 10.6 Å². The molecule has 5 nitrogen and oxygen atoms in total. The molecule has 1 unspecified atom stereocenters. The molecule has 2 aromatic heterocycles. The molecule has 1 atom stereocenters. The molecule has 0 saturated heterocycles. The van der Waals surface area contributed by atoms with E-state index in [2.05, 4.69) is 49.6 Å². The lowest BCUT2D eigenvalue weighted by Gasteiger charge is -2.15. The van der Waals surface area contributed by atoms with Gasteiger partial charge in [0.05, 0.1) is 6.33 Å². The van der Waals surface area contributed by atoms with Crippen LogP contribution in [0.25, 0.3) is 0 Å². The van der Waals surface area contributed by atoms with E-state index in [4.69, 9.17) is 0 Å². The molecular formula is C16H25N5S. The summed E-state index contributed by atoms with van der Waals surface area (Å²) in [6.07, 6.45) is 7.80. The second-order valence-electron chi connectivity index (χ2n) is 5.42. The van der Waals surface area contributed by atoms with Crippen LogP contribution in [0.2, 0.25) is 0 Å². The summed E-state index contributed by atoms with van der Waals surface area (Å²) in [4.78, 5) is 9.75. The van der Waals surface area contributed by atoms with Crippen LogP contribution in [0.4, 0.5) is 0 Å². The fourth-order valence-corrected chi connectivity index (χ4v) is 3.09. The zero-order chi connectivity index (χ0) is 15.6. The lowest BCUT2D eigenvalue weighted by molar-refractivity contribution is 0.558. The molecule has 0 fully saturated rings. The topological polar surface area (TPSA) is 54.2 Å². The second-order valence-corrected chi connectivity index (χ2v) is 6.45. The van der Waals surface area contributed by atoms with Crippen molar-refractivity contribution in [1.29, 1.82) is 0 Å². The highest BCUT2D eigenvalue weighted by Gasteiger charge is 2.05. The largest absolute Gasteiger partial charge is 0.356 e. The second kappa shape index (κ2) is 9.25. The maximum atomic E-state index is 4.27. The van der Waals surface area contributed by atoms with E-state index < -0.39 is 0 Å². The highest BCUT2D eigenvalue weighted by Crippen LogP contribution is 2.13. The average molecular weight is 319 g/mol. The third-order valence-electron chi connectivity index (χ3n) is 3.42. The summed E-state index contributed by atoms with van der Waals surface area (Å²) < 4.78 is 2.08. The summed E-state index contributed by atoms with van der Waals surface area (Å²) in [7, 11) is 1.81. The molecule has 0 aliphatic rings. The molecule has 0 aliphatic heterocycles. The molecule has 2 aromatic rings. The van der Waals surface area contributed by atoms with Crippen molar-refractivity contribution in [2.75, 3.05) is 20.1 Å². The minimum Gasteiger partial charge on any atom is -0.356 e. The Morgan fingerprint density at radius 2 is 2.36 bits per heavy atom. The monoisotopic (exact) mass is 319 g/mol. The van der Waals surface area contributed by atoms with Gasteiger partial charge in [0.2, 0.25) is 0 Å². The van der Waals surface area contributed by atoms with Crippen LogP contribution in [0.1, 0.15) is 18.2 Å². The van der Waals surface area contributed by atoms with Crippen LogP contribution in [-0.2, 0) is 13.0 Å². The number of guanidine groups is 1. The van der Waals surface area contributed by atoms with Crippen LogP contribution in [0, 0.1) is 5.92 Å². The van der Waals surface area contributed by atoms with E-state index >= 15 is 0 Å². The van der Waals surface area contributed by atoms with Crippen molar-refractivity contribution < 1.29 is 0 Å². The summed E-state index contributed by atoms with van der Waals surface area (Å²) in [5.74, 6) is 1.46. The van der Waals surface area contributed by atoms with Gasteiger partial charge in [-0.2, -0.15) is 0 Å². The van der Waals surface area contributed by atoms with E-state index in [9.17, 15) is 0 Å². The number of hydrogen-bond donors (Lipinski definition) is 2. The van der Waals surface area contributed by atoms with Gasteiger partial charge in [0.1, 0.15) is 0 Å². The summed E-state index contributed by atoms with van der Waals surface area (Å²) >= 11 is 1.83. The van der Waals surface area contributed by atoms with Crippen LogP contribution in [0.3, 0.4) is 0 Å². The van der Waals surface area contributed by atoms with E-state index in [0.717, 1.165) is 38.4 Å². The number of thiophene rings is 1. The first-order valence-electron chi connectivity index (χ1n) is 7.70. The molecule has 22 heavy (non-hydrogen) atoms. The van der Waals surface area contributed by atoms with Crippen molar-refractivity contribution in [3.8, 4) is 0 Å². The van der Waals surface area contributed by atoms with Crippen LogP contribution in [0.15, 0.2) is 41.2 Å². The van der Waals surface area contributed by atoms with E-state index in [-0.39, 0.29) is 0 Å². The molecule has 2 heterocycles. The number of hydrogen-bond acceptors (Lipinski definition) is 3. The van der Waals surface area contributed by atoms with Gasteiger partial charge in [-0.05, 0) is 30.2 Å². The van der Waals surface area contributed by atoms with Crippen molar-refractivity contribution >= 4 is 17.3 Å².